The Balaban J connectivity index is 1.65. The standard InChI is InChI=1S/C22H21N3OS2/c1-3-17-18(16-12-8-5-9-13-16)24(2)21(27-17)19-20(26)25(22(23)28-19)14-15-10-6-4-7-11-15/h4-13,23H,3,14H2,1-2H3/b21-19-,23-22?. The summed E-state index contributed by atoms with van der Waals surface area (Å²) >= 11 is 2.92. The van der Waals surface area contributed by atoms with Crippen LogP contribution in [0, 0.1) is 5.41 Å². The minimum Gasteiger partial charge on any atom is -0.337 e. The highest BCUT2D eigenvalue weighted by molar-refractivity contribution is 8.19. The molecule has 2 aliphatic rings. The molecule has 0 saturated carbocycles. The Bertz CT molecular complexity index is 983. The molecule has 4 nitrogen and oxygen atoms in total. The van der Waals surface area contributed by atoms with E-state index in [2.05, 4.69) is 24.0 Å². The van der Waals surface area contributed by atoms with Gasteiger partial charge in [-0.3, -0.25) is 15.1 Å². The van der Waals surface area contributed by atoms with E-state index in [1.165, 1.54) is 16.7 Å². The normalized spacial score (nSPS) is 19.9. The van der Waals surface area contributed by atoms with Crippen LogP contribution in [0.1, 0.15) is 24.5 Å². The molecule has 142 valence electrons. The lowest BCUT2D eigenvalue weighted by Crippen LogP contribution is -2.28. The van der Waals surface area contributed by atoms with Crippen molar-refractivity contribution in [3.63, 3.8) is 0 Å². The molecule has 0 aliphatic carbocycles. The zero-order valence-electron chi connectivity index (χ0n) is 15.8. The van der Waals surface area contributed by atoms with E-state index in [9.17, 15) is 4.79 Å². The van der Waals surface area contributed by atoms with Gasteiger partial charge in [-0.2, -0.15) is 0 Å². The van der Waals surface area contributed by atoms with Crippen LogP contribution in [0.5, 0.6) is 0 Å². The number of hydrogen-bond acceptors (Lipinski definition) is 5. The average molecular weight is 408 g/mol. The minimum atomic E-state index is -0.0852. The molecule has 2 aliphatic heterocycles. The van der Waals surface area contributed by atoms with Crippen LogP contribution in [0.3, 0.4) is 0 Å². The third-order valence-electron chi connectivity index (χ3n) is 4.75. The largest absolute Gasteiger partial charge is 0.337 e. The number of rotatable bonds is 4. The summed E-state index contributed by atoms with van der Waals surface area (Å²) in [5.41, 5.74) is 3.32. The summed E-state index contributed by atoms with van der Waals surface area (Å²) in [6.45, 7) is 2.57. The number of carbonyl (C=O) groups excluding carboxylic acids is 1. The first-order chi connectivity index (χ1) is 13.6. The Morgan fingerprint density at radius 2 is 1.61 bits per heavy atom. The lowest BCUT2D eigenvalue weighted by atomic mass is 10.1. The Labute approximate surface area is 173 Å². The molecule has 6 heteroatoms. The molecule has 2 heterocycles. The van der Waals surface area contributed by atoms with Crippen LogP contribution in [0.25, 0.3) is 5.70 Å². The number of nitrogens with zero attached hydrogens (tertiary/aromatic N) is 2. The second-order valence-electron chi connectivity index (χ2n) is 6.57. The molecule has 2 aromatic rings. The summed E-state index contributed by atoms with van der Waals surface area (Å²) in [5, 5.41) is 9.56. The fourth-order valence-electron chi connectivity index (χ4n) is 3.37. The first-order valence-corrected chi connectivity index (χ1v) is 10.8. The van der Waals surface area contributed by atoms with Crippen molar-refractivity contribution in [2.24, 2.45) is 0 Å². The molecule has 28 heavy (non-hydrogen) atoms. The van der Waals surface area contributed by atoms with Crippen LogP contribution in [0.2, 0.25) is 0 Å². The lowest BCUT2D eigenvalue weighted by Gasteiger charge is -2.19. The predicted molar refractivity (Wildman–Crippen MR) is 118 cm³/mol. The van der Waals surface area contributed by atoms with E-state index >= 15 is 0 Å². The number of benzene rings is 2. The Morgan fingerprint density at radius 1 is 0.964 bits per heavy atom. The van der Waals surface area contributed by atoms with E-state index in [-0.39, 0.29) is 11.1 Å². The maximum atomic E-state index is 13.1. The summed E-state index contributed by atoms with van der Waals surface area (Å²) in [6.07, 6.45) is 0.903. The zero-order chi connectivity index (χ0) is 19.7. The molecule has 0 aromatic heterocycles. The number of amides is 1. The van der Waals surface area contributed by atoms with Crippen LogP contribution in [-0.2, 0) is 11.3 Å². The summed E-state index contributed by atoms with van der Waals surface area (Å²) in [4.78, 5) is 18.7. The van der Waals surface area contributed by atoms with Gasteiger partial charge in [-0.15, -0.1) is 0 Å². The number of hydrogen-bond donors (Lipinski definition) is 1. The molecule has 1 fully saturated rings. The molecule has 4 rings (SSSR count). The van der Waals surface area contributed by atoms with Gasteiger partial charge in [-0.1, -0.05) is 79.3 Å². The molecular formula is C22H21N3OS2. The van der Waals surface area contributed by atoms with E-state index < -0.39 is 0 Å². The lowest BCUT2D eigenvalue weighted by molar-refractivity contribution is -0.122. The van der Waals surface area contributed by atoms with Gasteiger partial charge >= 0.3 is 0 Å². The number of nitrogens with one attached hydrogen (secondary N) is 1. The third kappa shape index (κ3) is 3.38. The van der Waals surface area contributed by atoms with Gasteiger partial charge in [0.05, 0.1) is 17.3 Å². The molecule has 1 N–H and O–H groups in total. The van der Waals surface area contributed by atoms with Crippen molar-refractivity contribution in [1.82, 2.24) is 9.80 Å². The number of allylic oxidation sites excluding steroid dienone is 1. The van der Waals surface area contributed by atoms with Crippen LogP contribution in [0.4, 0.5) is 0 Å². The first-order valence-electron chi connectivity index (χ1n) is 9.16. The molecule has 1 saturated heterocycles. The Hall–Kier alpha value is -2.44. The average Bonchev–Trinajstić information content (AvgIpc) is 3.20. The molecule has 2 aromatic carbocycles. The first kappa shape index (κ1) is 18.9. The van der Waals surface area contributed by atoms with Crippen molar-refractivity contribution in [2.45, 2.75) is 19.9 Å². The van der Waals surface area contributed by atoms with Crippen molar-refractivity contribution in [2.75, 3.05) is 7.05 Å². The minimum absolute atomic E-state index is 0.0852. The topological polar surface area (TPSA) is 47.4 Å². The van der Waals surface area contributed by atoms with Crippen LogP contribution >= 0.6 is 23.5 Å². The van der Waals surface area contributed by atoms with Crippen molar-refractivity contribution >= 4 is 40.3 Å². The summed E-state index contributed by atoms with van der Waals surface area (Å²) in [6, 6.07) is 20.1. The van der Waals surface area contributed by atoms with E-state index in [1.807, 2.05) is 55.6 Å². The van der Waals surface area contributed by atoms with E-state index in [1.54, 1.807) is 16.7 Å². The molecule has 1 amide bonds. The van der Waals surface area contributed by atoms with E-state index in [0.29, 0.717) is 11.4 Å². The highest BCUT2D eigenvalue weighted by Crippen LogP contribution is 2.50. The molecular weight excluding hydrogens is 386 g/mol. The summed E-state index contributed by atoms with van der Waals surface area (Å²) < 4.78 is 0. The molecule has 0 unspecified atom stereocenters. The Kier molecular flexibility index (Phi) is 5.33. The van der Waals surface area contributed by atoms with Gasteiger partial charge in [-0.05, 0) is 29.3 Å². The highest BCUT2D eigenvalue weighted by atomic mass is 32.2. The Morgan fingerprint density at radius 3 is 2.25 bits per heavy atom. The smallest absolute Gasteiger partial charge is 0.269 e. The number of amidine groups is 1. The van der Waals surface area contributed by atoms with Crippen LogP contribution in [-0.4, -0.2) is 27.9 Å². The van der Waals surface area contributed by atoms with Gasteiger partial charge in [0, 0.05) is 12.0 Å². The quantitative estimate of drug-likeness (QED) is 0.697. The van der Waals surface area contributed by atoms with Gasteiger partial charge in [-0.25, -0.2) is 0 Å². The summed E-state index contributed by atoms with van der Waals surface area (Å²) in [7, 11) is 2.01. The second kappa shape index (κ2) is 7.89. The van der Waals surface area contributed by atoms with Crippen molar-refractivity contribution in [1.29, 1.82) is 5.41 Å². The fraction of sp³-hybridized carbons (Fsp3) is 0.182. The van der Waals surface area contributed by atoms with Gasteiger partial charge in [0.1, 0.15) is 4.91 Å². The molecule has 0 atom stereocenters. The number of thioether (sulfide) groups is 2. The van der Waals surface area contributed by atoms with Crippen LogP contribution in [0.15, 0.2) is 75.5 Å². The summed E-state index contributed by atoms with van der Waals surface area (Å²) in [5.74, 6) is -0.0852. The van der Waals surface area contributed by atoms with Gasteiger partial charge in [0.15, 0.2) is 5.17 Å². The van der Waals surface area contributed by atoms with E-state index in [0.717, 1.165) is 28.3 Å². The SMILES string of the molecule is CCC1=C(c2ccccc2)N(C)/C(=C2/SC(=N)N(Cc3ccccc3)C2=O)S1. The number of carbonyl (C=O) groups is 1. The van der Waals surface area contributed by atoms with E-state index in [4.69, 9.17) is 5.41 Å². The van der Waals surface area contributed by atoms with Crippen molar-refractivity contribution in [3.8, 4) is 0 Å². The van der Waals surface area contributed by atoms with Gasteiger partial charge in [0.2, 0.25) is 0 Å². The van der Waals surface area contributed by atoms with Crippen molar-refractivity contribution < 1.29 is 4.79 Å². The third-order valence-corrected chi connectivity index (χ3v) is 7.27. The zero-order valence-corrected chi connectivity index (χ0v) is 17.4. The fourth-order valence-corrected chi connectivity index (χ4v) is 5.63. The molecule has 0 radical (unpaired) electrons. The van der Waals surface area contributed by atoms with Gasteiger partial charge < -0.3 is 4.90 Å². The highest BCUT2D eigenvalue weighted by Gasteiger charge is 2.39. The maximum absolute atomic E-state index is 13.1. The molecule has 0 bridgehead atoms. The van der Waals surface area contributed by atoms with Crippen LogP contribution < -0.4 is 0 Å². The molecule has 0 spiro atoms. The van der Waals surface area contributed by atoms with Crippen molar-refractivity contribution in [3.05, 3.63) is 86.6 Å². The monoisotopic (exact) mass is 407 g/mol. The predicted octanol–water partition coefficient (Wildman–Crippen LogP) is 5.32. The second-order valence-corrected chi connectivity index (χ2v) is 8.65. The van der Waals surface area contributed by atoms with Gasteiger partial charge in [0.25, 0.3) is 5.91 Å². The maximum Gasteiger partial charge on any atom is 0.269 e.